The van der Waals surface area contributed by atoms with E-state index in [4.69, 9.17) is 5.73 Å². The third-order valence-electron chi connectivity index (χ3n) is 4.92. The molecule has 0 unspecified atom stereocenters. The molecule has 0 saturated carbocycles. The summed E-state index contributed by atoms with van der Waals surface area (Å²) in [6, 6.07) is 0. The summed E-state index contributed by atoms with van der Waals surface area (Å²) >= 11 is 0. The summed E-state index contributed by atoms with van der Waals surface area (Å²) < 4.78 is 0. The van der Waals surface area contributed by atoms with E-state index in [-0.39, 0.29) is 0 Å². The molecule has 1 aromatic heterocycles. The Hall–Kier alpha value is -1.38. The maximum absolute atomic E-state index is 5.92. The summed E-state index contributed by atoms with van der Waals surface area (Å²) in [5.41, 5.74) is 9.86. The van der Waals surface area contributed by atoms with Gasteiger partial charge in [0.2, 0.25) is 5.95 Å². The summed E-state index contributed by atoms with van der Waals surface area (Å²) in [7, 11) is 0. The van der Waals surface area contributed by atoms with Crippen LogP contribution < -0.4 is 5.73 Å². The lowest BCUT2D eigenvalue weighted by Crippen LogP contribution is -2.23. The van der Waals surface area contributed by atoms with Gasteiger partial charge in [-0.1, -0.05) is 32.4 Å². The number of unbranched alkanes of at least 4 members (excludes halogenated alkanes) is 1. The first-order valence-electron chi connectivity index (χ1n) is 8.01. The van der Waals surface area contributed by atoms with Gasteiger partial charge in [0.05, 0.1) is 5.69 Å². The highest BCUT2D eigenvalue weighted by molar-refractivity contribution is 5.42. The zero-order valence-corrected chi connectivity index (χ0v) is 12.6. The molecular formula is C17H25N3. The molecule has 108 valence electrons. The van der Waals surface area contributed by atoms with Crippen LogP contribution >= 0.6 is 0 Å². The number of hydrogen-bond acceptors (Lipinski definition) is 3. The smallest absolute Gasteiger partial charge is 0.220 e. The van der Waals surface area contributed by atoms with Crippen LogP contribution in [0.5, 0.6) is 0 Å². The fraction of sp³-hybridized carbons (Fsp3) is 0.647. The quantitative estimate of drug-likeness (QED) is 0.843. The number of nitrogens with two attached hydrogens (primary N) is 1. The number of anilines is 1. The topological polar surface area (TPSA) is 51.8 Å². The highest BCUT2D eigenvalue weighted by Crippen LogP contribution is 2.49. The van der Waals surface area contributed by atoms with Crippen molar-refractivity contribution in [2.75, 3.05) is 5.73 Å². The van der Waals surface area contributed by atoms with Crippen LogP contribution in [0.1, 0.15) is 74.7 Å². The summed E-state index contributed by atoms with van der Waals surface area (Å²) in [6.45, 7) is 4.59. The Morgan fingerprint density at radius 2 is 2.15 bits per heavy atom. The molecule has 3 rings (SSSR count). The molecule has 3 nitrogen and oxygen atoms in total. The molecule has 2 aliphatic rings. The van der Waals surface area contributed by atoms with Gasteiger partial charge in [-0.05, 0) is 49.5 Å². The Kier molecular flexibility index (Phi) is 3.77. The Morgan fingerprint density at radius 1 is 1.30 bits per heavy atom. The van der Waals surface area contributed by atoms with E-state index in [1.165, 1.54) is 42.6 Å². The van der Waals surface area contributed by atoms with Crippen LogP contribution in [0.3, 0.4) is 0 Å². The third kappa shape index (κ3) is 2.34. The molecule has 0 aliphatic heterocycles. The second-order valence-electron chi connectivity index (χ2n) is 6.38. The number of hydrogen-bond donors (Lipinski definition) is 1. The molecule has 0 aromatic carbocycles. The third-order valence-corrected chi connectivity index (χ3v) is 4.92. The number of nitrogens with zero attached hydrogens (tertiary/aromatic N) is 2. The van der Waals surface area contributed by atoms with E-state index >= 15 is 0 Å². The van der Waals surface area contributed by atoms with Crippen molar-refractivity contribution >= 4 is 5.95 Å². The van der Waals surface area contributed by atoms with Crippen LogP contribution in [0.25, 0.3) is 0 Å². The van der Waals surface area contributed by atoms with Gasteiger partial charge in [-0.25, -0.2) is 9.97 Å². The lowest BCUT2D eigenvalue weighted by molar-refractivity contribution is 0.355. The van der Waals surface area contributed by atoms with Gasteiger partial charge in [-0.2, -0.15) is 0 Å². The molecule has 0 bridgehead atoms. The van der Waals surface area contributed by atoms with E-state index in [0.29, 0.717) is 23.7 Å². The Bertz CT molecular complexity index is 521. The van der Waals surface area contributed by atoms with Crippen molar-refractivity contribution in [2.45, 2.75) is 64.2 Å². The lowest BCUT2D eigenvalue weighted by Gasteiger charge is -2.33. The predicted octanol–water partition coefficient (Wildman–Crippen LogP) is 3.96. The first-order valence-corrected chi connectivity index (χ1v) is 8.01. The Morgan fingerprint density at radius 3 is 2.95 bits per heavy atom. The summed E-state index contributed by atoms with van der Waals surface area (Å²) in [4.78, 5) is 9.09. The number of nitrogen functional groups attached to an aromatic ring is 1. The van der Waals surface area contributed by atoms with Gasteiger partial charge >= 0.3 is 0 Å². The van der Waals surface area contributed by atoms with E-state index in [1.807, 2.05) is 0 Å². The fourth-order valence-corrected chi connectivity index (χ4v) is 3.92. The number of allylic oxidation sites excluding steroid dienone is 2. The first kappa shape index (κ1) is 13.6. The molecule has 3 atom stereocenters. The first-order chi connectivity index (χ1) is 9.70. The van der Waals surface area contributed by atoms with Crippen LogP contribution in [0.2, 0.25) is 0 Å². The molecule has 2 N–H and O–H groups in total. The van der Waals surface area contributed by atoms with Crippen molar-refractivity contribution in [3.05, 3.63) is 29.1 Å². The van der Waals surface area contributed by atoms with Gasteiger partial charge in [0.15, 0.2) is 0 Å². The molecule has 0 amide bonds. The summed E-state index contributed by atoms with van der Waals surface area (Å²) in [5.74, 6) is 2.37. The normalized spacial score (nSPS) is 28.0. The summed E-state index contributed by atoms with van der Waals surface area (Å²) in [5, 5.41) is 0. The van der Waals surface area contributed by atoms with Gasteiger partial charge in [-0.3, -0.25) is 0 Å². The largest absolute Gasteiger partial charge is 0.368 e. The number of rotatable bonds is 4. The highest BCUT2D eigenvalue weighted by atomic mass is 15.0. The predicted molar refractivity (Wildman–Crippen MR) is 82.7 cm³/mol. The van der Waals surface area contributed by atoms with E-state index in [1.54, 1.807) is 0 Å². The van der Waals surface area contributed by atoms with E-state index in [9.17, 15) is 0 Å². The Labute approximate surface area is 121 Å². The second-order valence-corrected chi connectivity index (χ2v) is 6.38. The molecule has 1 aromatic rings. The van der Waals surface area contributed by atoms with E-state index < -0.39 is 0 Å². The standard InChI is InChI=1S/C17H25N3/c1-3-4-5-6-7-13-11(2)10-12-8-9-14-15(12)16(13)20-17(18)19-14/h5-6,11-13H,3-4,7-10H2,1-2H3,(H2,18,19,20)/b6-5-/t11-,12+,13+/m1/s1. The Balaban J connectivity index is 1.91. The molecule has 0 radical (unpaired) electrons. The van der Waals surface area contributed by atoms with Gasteiger partial charge in [0, 0.05) is 11.6 Å². The molecular weight excluding hydrogens is 246 g/mol. The van der Waals surface area contributed by atoms with Gasteiger partial charge in [0.25, 0.3) is 0 Å². The van der Waals surface area contributed by atoms with Gasteiger partial charge < -0.3 is 5.73 Å². The summed E-state index contributed by atoms with van der Waals surface area (Å²) in [6.07, 6.45) is 11.8. The van der Waals surface area contributed by atoms with Crippen molar-refractivity contribution < 1.29 is 0 Å². The van der Waals surface area contributed by atoms with Crippen molar-refractivity contribution in [1.29, 1.82) is 0 Å². The zero-order valence-electron chi connectivity index (χ0n) is 12.6. The SMILES string of the molecule is CCC/C=C\C[C@@H]1c2nc(N)nc3c2[C@@H](CC3)C[C@H]1C. The zero-order chi connectivity index (χ0) is 14.1. The minimum atomic E-state index is 0.469. The van der Waals surface area contributed by atoms with Crippen molar-refractivity contribution in [3.8, 4) is 0 Å². The van der Waals surface area contributed by atoms with Crippen molar-refractivity contribution in [2.24, 2.45) is 5.92 Å². The number of aryl methyl sites for hydroxylation is 1. The lowest BCUT2D eigenvalue weighted by atomic mass is 9.73. The van der Waals surface area contributed by atoms with Crippen LogP contribution in [0.4, 0.5) is 5.95 Å². The average Bonchev–Trinajstić information content (AvgIpc) is 2.80. The molecule has 0 spiro atoms. The van der Waals surface area contributed by atoms with E-state index in [2.05, 4.69) is 36.0 Å². The fourth-order valence-electron chi connectivity index (χ4n) is 3.92. The second kappa shape index (κ2) is 5.55. The van der Waals surface area contributed by atoms with E-state index in [0.717, 1.165) is 12.8 Å². The maximum Gasteiger partial charge on any atom is 0.220 e. The van der Waals surface area contributed by atoms with Crippen LogP contribution in [-0.2, 0) is 6.42 Å². The highest BCUT2D eigenvalue weighted by Gasteiger charge is 2.38. The average molecular weight is 271 g/mol. The molecule has 2 aliphatic carbocycles. The maximum atomic E-state index is 5.92. The molecule has 0 fully saturated rings. The van der Waals surface area contributed by atoms with Crippen molar-refractivity contribution in [3.63, 3.8) is 0 Å². The molecule has 0 saturated heterocycles. The molecule has 20 heavy (non-hydrogen) atoms. The van der Waals surface area contributed by atoms with Crippen LogP contribution in [-0.4, -0.2) is 9.97 Å². The van der Waals surface area contributed by atoms with Crippen LogP contribution in [0.15, 0.2) is 12.2 Å². The van der Waals surface area contributed by atoms with Crippen molar-refractivity contribution in [1.82, 2.24) is 9.97 Å². The monoisotopic (exact) mass is 271 g/mol. The minimum absolute atomic E-state index is 0.469. The van der Waals surface area contributed by atoms with Crippen LogP contribution in [0, 0.1) is 5.92 Å². The number of aromatic nitrogens is 2. The molecule has 3 heteroatoms. The molecule has 1 heterocycles. The van der Waals surface area contributed by atoms with Gasteiger partial charge in [0.1, 0.15) is 0 Å². The minimum Gasteiger partial charge on any atom is -0.368 e. The van der Waals surface area contributed by atoms with Gasteiger partial charge in [-0.15, -0.1) is 0 Å².